The van der Waals surface area contributed by atoms with Crippen LogP contribution in [0, 0.1) is 6.92 Å². The molecule has 1 atom stereocenters. The summed E-state index contributed by atoms with van der Waals surface area (Å²) in [5, 5.41) is 9.62. The Morgan fingerprint density at radius 3 is 2.72 bits per heavy atom. The fraction of sp³-hybridized carbons (Fsp3) is 0.353. The smallest absolute Gasteiger partial charge is 0.272 e. The zero-order valence-corrected chi connectivity index (χ0v) is 14.4. The van der Waals surface area contributed by atoms with Crippen LogP contribution in [0.1, 0.15) is 30.2 Å². The van der Waals surface area contributed by atoms with E-state index in [2.05, 4.69) is 20.5 Å². The van der Waals surface area contributed by atoms with E-state index in [0.717, 1.165) is 24.0 Å². The van der Waals surface area contributed by atoms with Crippen LogP contribution in [0.2, 0.25) is 0 Å². The number of hydrogen-bond donors (Lipinski definition) is 2. The molecule has 3 aromatic rings. The molecule has 1 amide bonds. The highest BCUT2D eigenvalue weighted by molar-refractivity contribution is 6.05. The molecule has 0 unspecified atom stereocenters. The van der Waals surface area contributed by atoms with Crippen molar-refractivity contribution >= 4 is 16.8 Å². The number of nitrogens with zero attached hydrogens (tertiary/aromatic N) is 3. The molecular weight excluding hydrogens is 328 g/mol. The van der Waals surface area contributed by atoms with Gasteiger partial charge >= 0.3 is 0 Å². The van der Waals surface area contributed by atoms with Gasteiger partial charge in [-0.05, 0) is 26.0 Å². The number of halogens is 2. The Balaban J connectivity index is 1.99. The molecule has 0 aliphatic carbocycles. The van der Waals surface area contributed by atoms with Gasteiger partial charge in [0.1, 0.15) is 5.82 Å². The molecular formula is C17H19F2N5O. The molecule has 0 saturated heterocycles. The lowest BCUT2D eigenvalue weighted by atomic mass is 10.1. The van der Waals surface area contributed by atoms with Crippen LogP contribution >= 0.6 is 0 Å². The van der Waals surface area contributed by atoms with Gasteiger partial charge in [0.05, 0.1) is 23.4 Å². The third kappa shape index (κ3) is 3.11. The zero-order valence-electron chi connectivity index (χ0n) is 14.4. The molecule has 2 N–H and O–H groups in total. The van der Waals surface area contributed by atoms with E-state index in [1.807, 2.05) is 24.6 Å². The van der Waals surface area contributed by atoms with E-state index in [1.54, 1.807) is 18.3 Å². The van der Waals surface area contributed by atoms with Gasteiger partial charge in [0.2, 0.25) is 0 Å². The predicted molar refractivity (Wildman–Crippen MR) is 90.6 cm³/mol. The Morgan fingerprint density at radius 1 is 1.40 bits per heavy atom. The minimum Gasteiger partial charge on any atom is -0.342 e. The molecule has 25 heavy (non-hydrogen) atoms. The zero-order chi connectivity index (χ0) is 18.4. The van der Waals surface area contributed by atoms with Gasteiger partial charge in [-0.25, -0.2) is 13.8 Å². The fourth-order valence-electron chi connectivity index (χ4n) is 2.51. The van der Waals surface area contributed by atoms with Crippen molar-refractivity contribution in [1.82, 2.24) is 25.1 Å². The second kappa shape index (κ2) is 5.94. The number of imidazole rings is 1. The lowest BCUT2D eigenvalue weighted by Crippen LogP contribution is -2.43. The van der Waals surface area contributed by atoms with Crippen molar-refractivity contribution in [3.8, 4) is 11.3 Å². The van der Waals surface area contributed by atoms with Crippen LogP contribution in [-0.4, -0.2) is 37.6 Å². The molecule has 6 nitrogen and oxygen atoms in total. The standard InChI is InChI=1S/C17H19F2N5O/c1-9(17(3,18)19)21-16(25)15-12-7-11(5-6-13(12)22-23-15)14-8-20-10(2)24(14)4/h5-9H,1-4H3,(H,21,25)(H,22,23)/t9-/m0/s1. The Labute approximate surface area is 143 Å². The molecule has 3 rings (SSSR count). The number of nitrogens with one attached hydrogen (secondary N) is 2. The summed E-state index contributed by atoms with van der Waals surface area (Å²) in [5.41, 5.74) is 2.50. The van der Waals surface area contributed by atoms with Crippen LogP contribution < -0.4 is 5.32 Å². The van der Waals surface area contributed by atoms with Crippen LogP contribution in [-0.2, 0) is 7.05 Å². The van der Waals surface area contributed by atoms with Crippen LogP contribution in [0.5, 0.6) is 0 Å². The Kier molecular flexibility index (Phi) is 4.06. The first kappa shape index (κ1) is 17.1. The summed E-state index contributed by atoms with van der Waals surface area (Å²) in [6, 6.07) is 4.20. The molecule has 2 aromatic heterocycles. The highest BCUT2D eigenvalue weighted by Gasteiger charge is 2.32. The van der Waals surface area contributed by atoms with E-state index in [4.69, 9.17) is 0 Å². The van der Waals surface area contributed by atoms with E-state index in [1.165, 1.54) is 6.92 Å². The van der Waals surface area contributed by atoms with E-state index >= 15 is 0 Å². The number of carbonyl (C=O) groups excluding carboxylic acids is 1. The number of amides is 1. The van der Waals surface area contributed by atoms with E-state index < -0.39 is 17.9 Å². The van der Waals surface area contributed by atoms with Crippen molar-refractivity contribution in [2.24, 2.45) is 7.05 Å². The summed E-state index contributed by atoms with van der Waals surface area (Å²) in [6.45, 7) is 3.92. The van der Waals surface area contributed by atoms with Gasteiger partial charge in [0.15, 0.2) is 5.69 Å². The first-order chi connectivity index (χ1) is 11.7. The molecule has 132 valence electrons. The Bertz CT molecular complexity index is 938. The number of H-pyrrole nitrogens is 1. The number of aromatic nitrogens is 4. The quantitative estimate of drug-likeness (QED) is 0.762. The molecule has 0 radical (unpaired) electrons. The minimum atomic E-state index is -3.01. The van der Waals surface area contributed by atoms with Crippen molar-refractivity contribution in [2.45, 2.75) is 32.7 Å². The van der Waals surface area contributed by atoms with E-state index in [-0.39, 0.29) is 5.69 Å². The average molecular weight is 347 g/mol. The fourth-order valence-corrected chi connectivity index (χ4v) is 2.51. The number of aryl methyl sites for hydroxylation is 1. The van der Waals surface area contributed by atoms with Crippen molar-refractivity contribution < 1.29 is 13.6 Å². The number of hydrogen-bond acceptors (Lipinski definition) is 3. The number of rotatable bonds is 4. The number of aromatic amines is 1. The van der Waals surface area contributed by atoms with Crippen LogP contribution in [0.15, 0.2) is 24.4 Å². The number of benzene rings is 1. The van der Waals surface area contributed by atoms with Gasteiger partial charge in [-0.1, -0.05) is 6.07 Å². The second-order valence-electron chi connectivity index (χ2n) is 6.23. The average Bonchev–Trinajstić information content (AvgIpc) is 3.10. The Hall–Kier alpha value is -2.77. The number of fused-ring (bicyclic) bond motifs is 1. The second-order valence-corrected chi connectivity index (χ2v) is 6.23. The molecule has 1 aromatic carbocycles. The maximum absolute atomic E-state index is 13.3. The number of alkyl halides is 2. The van der Waals surface area contributed by atoms with Gasteiger partial charge in [0, 0.05) is 24.9 Å². The molecule has 8 heteroatoms. The third-order valence-corrected chi connectivity index (χ3v) is 4.40. The highest BCUT2D eigenvalue weighted by atomic mass is 19.3. The molecule has 0 saturated carbocycles. The molecule has 0 spiro atoms. The van der Waals surface area contributed by atoms with Crippen LogP contribution in [0.25, 0.3) is 22.2 Å². The van der Waals surface area contributed by atoms with E-state index in [0.29, 0.717) is 10.9 Å². The Morgan fingerprint density at radius 2 is 2.12 bits per heavy atom. The monoisotopic (exact) mass is 347 g/mol. The van der Waals surface area contributed by atoms with Gasteiger partial charge in [-0.3, -0.25) is 9.89 Å². The maximum atomic E-state index is 13.3. The minimum absolute atomic E-state index is 0.0897. The largest absolute Gasteiger partial charge is 0.342 e. The van der Waals surface area contributed by atoms with Gasteiger partial charge in [-0.15, -0.1) is 0 Å². The summed E-state index contributed by atoms with van der Waals surface area (Å²) in [5.74, 6) is -2.79. The van der Waals surface area contributed by atoms with Gasteiger partial charge < -0.3 is 9.88 Å². The molecule has 0 bridgehead atoms. The predicted octanol–water partition coefficient (Wildman–Crippen LogP) is 3.05. The van der Waals surface area contributed by atoms with Gasteiger partial charge in [0.25, 0.3) is 11.8 Å². The highest BCUT2D eigenvalue weighted by Crippen LogP contribution is 2.26. The van der Waals surface area contributed by atoms with E-state index in [9.17, 15) is 13.6 Å². The SMILES string of the molecule is Cc1ncc(-c2ccc3[nH]nc(C(=O)N[C@@H](C)C(C)(F)F)c3c2)n1C. The summed E-state index contributed by atoms with van der Waals surface area (Å²) in [6.07, 6.45) is 1.75. The van der Waals surface area contributed by atoms with Crippen molar-refractivity contribution in [1.29, 1.82) is 0 Å². The molecule has 0 fully saturated rings. The summed E-state index contributed by atoms with van der Waals surface area (Å²) >= 11 is 0. The third-order valence-electron chi connectivity index (χ3n) is 4.40. The molecule has 0 aliphatic rings. The van der Waals surface area contributed by atoms with Crippen molar-refractivity contribution in [3.63, 3.8) is 0 Å². The van der Waals surface area contributed by atoms with Crippen molar-refractivity contribution in [3.05, 3.63) is 35.9 Å². The first-order valence-corrected chi connectivity index (χ1v) is 7.84. The molecule has 2 heterocycles. The van der Waals surface area contributed by atoms with Gasteiger partial charge in [-0.2, -0.15) is 5.10 Å². The lowest BCUT2D eigenvalue weighted by molar-refractivity contribution is -0.0108. The summed E-state index contributed by atoms with van der Waals surface area (Å²) < 4.78 is 28.6. The summed E-state index contributed by atoms with van der Waals surface area (Å²) in [7, 11) is 1.90. The van der Waals surface area contributed by atoms with Crippen LogP contribution in [0.3, 0.4) is 0 Å². The normalized spacial score (nSPS) is 13.2. The first-order valence-electron chi connectivity index (χ1n) is 7.84. The lowest BCUT2D eigenvalue weighted by Gasteiger charge is -2.20. The topological polar surface area (TPSA) is 75.6 Å². The van der Waals surface area contributed by atoms with Crippen molar-refractivity contribution in [2.75, 3.05) is 0 Å². The molecule has 0 aliphatic heterocycles. The summed E-state index contributed by atoms with van der Waals surface area (Å²) in [4.78, 5) is 16.6. The van der Waals surface area contributed by atoms with Crippen LogP contribution in [0.4, 0.5) is 8.78 Å². The maximum Gasteiger partial charge on any atom is 0.272 e. The number of carbonyl (C=O) groups is 1.